The Morgan fingerprint density at radius 3 is 1.80 bits per heavy atom. The molecule has 0 saturated heterocycles. The minimum absolute atomic E-state index is 0. The van der Waals surface area contributed by atoms with Crippen LogP contribution in [0.2, 0.25) is 0 Å². The third kappa shape index (κ3) is 52.3. The van der Waals surface area contributed by atoms with Crippen molar-refractivity contribution < 1.29 is 3.95 Å². The van der Waals surface area contributed by atoms with E-state index in [1.807, 2.05) is 16.1 Å². The number of hydrogen-bond acceptors (Lipinski definition) is 2. The molecule has 0 atom stereocenters. The normalized spacial score (nSPS) is 5.00. The van der Waals surface area contributed by atoms with Crippen molar-refractivity contribution in [1.82, 2.24) is 0 Å². The molecule has 0 unspecified atom stereocenters. The van der Waals surface area contributed by atoms with Crippen LogP contribution in [-0.4, -0.2) is 33.5 Å². The van der Waals surface area contributed by atoms with Crippen molar-refractivity contribution >= 4 is 45.7 Å². The zero-order chi connectivity index (χ0) is 3.58. The van der Waals surface area contributed by atoms with Crippen molar-refractivity contribution in [3.63, 3.8) is 0 Å². The van der Waals surface area contributed by atoms with Crippen LogP contribution in [0.5, 0.6) is 0 Å². The van der Waals surface area contributed by atoms with Gasteiger partial charge in [0.25, 0.3) is 0 Å². The predicted octanol–water partition coefficient (Wildman–Crippen LogP) is -0.0755. The van der Waals surface area contributed by atoms with Crippen LogP contribution in [0.3, 0.4) is 0 Å². The van der Waals surface area contributed by atoms with Crippen molar-refractivity contribution in [2.24, 2.45) is 0 Å². The van der Waals surface area contributed by atoms with Gasteiger partial charge in [-0.25, -0.2) is 0 Å². The summed E-state index contributed by atoms with van der Waals surface area (Å²) in [6, 6.07) is 0. The Bertz CT molecular complexity index is 32.6. The molecule has 0 radical (unpaired) electrons. The Balaban J connectivity index is 0. The van der Waals surface area contributed by atoms with E-state index < -0.39 is 3.95 Å². The van der Waals surface area contributed by atoms with Crippen LogP contribution in [0.4, 0.5) is 0 Å². The van der Waals surface area contributed by atoms with Crippen molar-refractivity contribution in [3.8, 4) is 0 Å². The second-order valence-corrected chi connectivity index (χ2v) is 0.792. The maximum atomic E-state index is 8.72. The summed E-state index contributed by atoms with van der Waals surface area (Å²) in [5, 5.41) is 8.72. The molecule has 0 aliphatic rings. The zero-order valence-electron chi connectivity index (χ0n) is 1.64. The van der Waals surface area contributed by atoms with Gasteiger partial charge in [0.15, 0.2) is 0 Å². The Morgan fingerprint density at radius 1 is 1.80 bits per heavy atom. The molecule has 0 fully saturated rings. The van der Waals surface area contributed by atoms with E-state index in [0.29, 0.717) is 0 Å². The van der Waals surface area contributed by atoms with E-state index >= 15 is 0 Å². The standard InChI is InChI=1S/BrNO2.Na.H/c1-2(3)4;;. The molecule has 0 amide bonds. The van der Waals surface area contributed by atoms with Crippen LogP contribution in [0, 0.1) is 10.1 Å². The van der Waals surface area contributed by atoms with Crippen molar-refractivity contribution in [3.05, 3.63) is 10.1 Å². The summed E-state index contributed by atoms with van der Waals surface area (Å²) < 4.78 is -0.688. The summed E-state index contributed by atoms with van der Waals surface area (Å²) in [7, 11) is 0. The molecular formula is HBrNNaO2. The van der Waals surface area contributed by atoms with Crippen LogP contribution < -0.4 is 0 Å². The average molecular weight is 150 g/mol. The third-order valence-corrected chi connectivity index (χ3v) is 0. The van der Waals surface area contributed by atoms with E-state index in [-0.39, 0.29) is 29.6 Å². The summed E-state index contributed by atoms with van der Waals surface area (Å²) in [5.41, 5.74) is 0. The number of nitro groups is 1. The fourth-order valence-corrected chi connectivity index (χ4v) is 0. The van der Waals surface area contributed by atoms with E-state index in [1.165, 1.54) is 0 Å². The molecular weight excluding hydrogens is 149 g/mol. The van der Waals surface area contributed by atoms with Crippen molar-refractivity contribution in [2.45, 2.75) is 0 Å². The van der Waals surface area contributed by atoms with Crippen molar-refractivity contribution in [2.75, 3.05) is 0 Å². The first-order valence-electron chi connectivity index (χ1n) is 0.534. The molecule has 0 aromatic carbocycles. The number of rotatable bonds is 0. The van der Waals surface area contributed by atoms with E-state index in [4.69, 9.17) is 10.1 Å². The minimum atomic E-state index is -0.688. The average Bonchev–Trinajstić information content (AvgIpc) is 0.811. The molecule has 0 rings (SSSR count). The van der Waals surface area contributed by atoms with Gasteiger partial charge in [0.05, 0.1) is 0 Å². The molecule has 0 bridgehead atoms. The monoisotopic (exact) mass is 149 g/mol. The van der Waals surface area contributed by atoms with Gasteiger partial charge in [-0.3, -0.25) is 10.1 Å². The van der Waals surface area contributed by atoms with E-state index in [1.54, 1.807) is 0 Å². The van der Waals surface area contributed by atoms with Crippen LogP contribution >= 0.6 is 16.1 Å². The van der Waals surface area contributed by atoms with E-state index in [0.717, 1.165) is 0 Å². The Labute approximate surface area is 59.5 Å². The predicted molar refractivity (Wildman–Crippen MR) is 23.1 cm³/mol. The summed E-state index contributed by atoms with van der Waals surface area (Å²) in [6.45, 7) is 0. The van der Waals surface area contributed by atoms with Gasteiger partial charge in [-0.15, -0.1) is 0 Å². The van der Waals surface area contributed by atoms with Gasteiger partial charge in [-0.2, -0.15) is 0 Å². The molecule has 26 valence electrons. The number of hydrogen-bond donors (Lipinski definition) is 0. The van der Waals surface area contributed by atoms with Crippen LogP contribution in [0.1, 0.15) is 0 Å². The Kier molecular flexibility index (Phi) is 9.08. The Morgan fingerprint density at radius 2 is 1.80 bits per heavy atom. The molecule has 0 aromatic heterocycles. The molecule has 0 N–H and O–H groups in total. The summed E-state index contributed by atoms with van der Waals surface area (Å²) in [4.78, 5) is 8.72. The summed E-state index contributed by atoms with van der Waals surface area (Å²) in [5.74, 6) is 0. The van der Waals surface area contributed by atoms with Gasteiger partial charge >= 0.3 is 45.7 Å². The van der Waals surface area contributed by atoms with Gasteiger partial charge < -0.3 is 0 Å². The first kappa shape index (κ1) is 9.30. The first-order valence-corrected chi connectivity index (χ1v) is 1.24. The van der Waals surface area contributed by atoms with E-state index in [2.05, 4.69) is 0 Å². The number of nitrogens with zero attached hydrogens (tertiary/aromatic N) is 1. The molecule has 0 aliphatic heterocycles. The fraction of sp³-hybridized carbons (Fsp3) is 0. The summed E-state index contributed by atoms with van der Waals surface area (Å²) >= 11 is 1.99. The van der Waals surface area contributed by atoms with Gasteiger partial charge in [0.2, 0.25) is 0 Å². The number of halogens is 1. The van der Waals surface area contributed by atoms with Crippen LogP contribution in [-0.2, 0) is 0 Å². The Hall–Kier alpha value is 0.880. The second kappa shape index (κ2) is 4.88. The van der Waals surface area contributed by atoms with Crippen molar-refractivity contribution in [1.29, 1.82) is 0 Å². The third-order valence-electron chi connectivity index (χ3n) is 0. The van der Waals surface area contributed by atoms with E-state index in [9.17, 15) is 0 Å². The van der Waals surface area contributed by atoms with Gasteiger partial charge in [0, 0.05) is 0 Å². The molecule has 3 nitrogen and oxygen atoms in total. The molecule has 0 heterocycles. The van der Waals surface area contributed by atoms with Gasteiger partial charge in [-0.1, -0.05) is 0 Å². The SMILES string of the molecule is O=[N+]([O-])Br.[NaH]. The van der Waals surface area contributed by atoms with Crippen LogP contribution in [0.25, 0.3) is 0 Å². The molecule has 0 aromatic rings. The molecule has 0 spiro atoms. The van der Waals surface area contributed by atoms with Crippen LogP contribution in [0.15, 0.2) is 0 Å². The second-order valence-electron chi connectivity index (χ2n) is 0.213. The maximum absolute atomic E-state index is 8.72. The summed E-state index contributed by atoms with van der Waals surface area (Å²) in [6.07, 6.45) is 0. The molecule has 0 saturated carbocycles. The quantitative estimate of drug-likeness (QED) is 0.210. The molecule has 5 heavy (non-hydrogen) atoms. The zero-order valence-corrected chi connectivity index (χ0v) is 3.23. The molecule has 5 heteroatoms. The van der Waals surface area contributed by atoms with Gasteiger partial charge in [0.1, 0.15) is 3.95 Å². The topological polar surface area (TPSA) is 43.1 Å². The first-order chi connectivity index (χ1) is 1.73. The molecule has 0 aliphatic carbocycles. The fourth-order valence-electron chi connectivity index (χ4n) is 0. The van der Waals surface area contributed by atoms with Gasteiger partial charge in [-0.05, 0) is 0 Å².